The second-order valence-corrected chi connectivity index (χ2v) is 5.96. The van der Waals surface area contributed by atoms with Crippen LogP contribution in [0.5, 0.6) is 0 Å². The highest BCUT2D eigenvalue weighted by Crippen LogP contribution is 2.68. The molecule has 3 nitrogen and oxygen atoms in total. The molecule has 2 atom stereocenters. The van der Waals surface area contributed by atoms with Gasteiger partial charge in [-0.2, -0.15) is 0 Å². The maximum absolute atomic E-state index is 12.2. The number of carbonyl (C=O) groups is 1. The largest absolute Gasteiger partial charge is 0.464 e. The Morgan fingerprint density at radius 1 is 1.29 bits per heavy atom. The number of hydrogen-bond acceptors (Lipinski definition) is 3. The minimum absolute atomic E-state index is 0.0922. The van der Waals surface area contributed by atoms with Gasteiger partial charge in [-0.3, -0.25) is 0 Å². The Hall–Kier alpha value is -0.570. The van der Waals surface area contributed by atoms with Gasteiger partial charge < -0.3 is 9.47 Å². The second-order valence-electron chi connectivity index (χ2n) is 5.96. The third kappa shape index (κ3) is 1.55. The van der Waals surface area contributed by atoms with E-state index in [4.69, 9.17) is 9.47 Å². The molecular weight excluding hydrogens is 216 g/mol. The van der Waals surface area contributed by atoms with E-state index in [9.17, 15) is 4.79 Å². The first-order valence-electron chi connectivity index (χ1n) is 6.83. The lowest BCUT2D eigenvalue weighted by Crippen LogP contribution is -2.41. The van der Waals surface area contributed by atoms with Crippen molar-refractivity contribution in [3.05, 3.63) is 0 Å². The van der Waals surface area contributed by atoms with E-state index in [2.05, 4.69) is 20.8 Å². The summed E-state index contributed by atoms with van der Waals surface area (Å²) >= 11 is 0. The maximum atomic E-state index is 12.2. The van der Waals surface area contributed by atoms with Crippen LogP contribution in [-0.2, 0) is 14.3 Å². The molecule has 0 N–H and O–H groups in total. The Balaban J connectivity index is 2.25. The van der Waals surface area contributed by atoms with Gasteiger partial charge >= 0.3 is 5.97 Å². The van der Waals surface area contributed by atoms with Crippen LogP contribution in [0.1, 0.15) is 59.8 Å². The molecule has 3 heteroatoms. The first kappa shape index (κ1) is 12.9. The third-order valence-corrected chi connectivity index (χ3v) is 4.59. The molecule has 1 saturated heterocycles. The number of ether oxygens (including phenoxy) is 2. The molecule has 1 aliphatic heterocycles. The van der Waals surface area contributed by atoms with Crippen molar-refractivity contribution >= 4 is 5.97 Å². The van der Waals surface area contributed by atoms with Gasteiger partial charge in [-0.15, -0.1) is 0 Å². The highest BCUT2D eigenvalue weighted by atomic mass is 16.7. The lowest BCUT2D eigenvalue weighted by atomic mass is 9.73. The molecule has 0 amide bonds. The molecule has 1 spiro atoms. The van der Waals surface area contributed by atoms with Gasteiger partial charge in [0.05, 0.1) is 6.61 Å². The summed E-state index contributed by atoms with van der Waals surface area (Å²) in [5.74, 6) is -0.142. The lowest BCUT2D eigenvalue weighted by Gasteiger charge is -2.27. The normalized spacial score (nSPS) is 38.4. The number of carbonyl (C=O) groups excluding carboxylic acids is 1. The molecule has 1 saturated carbocycles. The molecule has 2 rings (SSSR count). The molecule has 0 aromatic heterocycles. The summed E-state index contributed by atoms with van der Waals surface area (Å²) in [7, 11) is 0. The third-order valence-electron chi connectivity index (χ3n) is 4.59. The summed E-state index contributed by atoms with van der Waals surface area (Å²) in [6.45, 7) is 8.82. The summed E-state index contributed by atoms with van der Waals surface area (Å²) < 4.78 is 11.3. The zero-order valence-corrected chi connectivity index (χ0v) is 11.5. The van der Waals surface area contributed by atoms with Crippen LogP contribution in [0.25, 0.3) is 0 Å². The lowest BCUT2D eigenvalue weighted by molar-refractivity contribution is -0.150. The van der Waals surface area contributed by atoms with E-state index >= 15 is 0 Å². The van der Waals surface area contributed by atoms with Gasteiger partial charge in [0.15, 0.2) is 5.60 Å². The van der Waals surface area contributed by atoms with E-state index < -0.39 is 5.60 Å². The first-order valence-corrected chi connectivity index (χ1v) is 6.83. The molecule has 0 bridgehead atoms. The molecular formula is C14H24O3. The van der Waals surface area contributed by atoms with E-state index in [1.54, 1.807) is 0 Å². The van der Waals surface area contributed by atoms with E-state index in [-0.39, 0.29) is 17.0 Å². The van der Waals surface area contributed by atoms with E-state index in [0.29, 0.717) is 6.61 Å². The van der Waals surface area contributed by atoms with Crippen LogP contribution >= 0.6 is 0 Å². The van der Waals surface area contributed by atoms with Crippen LogP contribution in [0.15, 0.2) is 0 Å². The Morgan fingerprint density at radius 3 is 2.47 bits per heavy atom. The van der Waals surface area contributed by atoms with Gasteiger partial charge in [-0.05, 0) is 38.0 Å². The summed E-state index contributed by atoms with van der Waals surface area (Å²) in [5, 5.41) is 0. The average Bonchev–Trinajstić information content (AvgIpc) is 2.80. The molecule has 98 valence electrons. The number of rotatable bonds is 4. The fourth-order valence-electron chi connectivity index (χ4n) is 3.69. The minimum atomic E-state index is -0.641. The highest BCUT2D eigenvalue weighted by Gasteiger charge is 2.80. The van der Waals surface area contributed by atoms with Crippen LogP contribution in [0, 0.1) is 5.41 Å². The van der Waals surface area contributed by atoms with E-state index in [1.807, 2.05) is 6.92 Å². The summed E-state index contributed by atoms with van der Waals surface area (Å²) in [4.78, 5) is 12.2. The van der Waals surface area contributed by atoms with Gasteiger partial charge in [0.1, 0.15) is 5.60 Å². The number of epoxide rings is 1. The van der Waals surface area contributed by atoms with E-state index in [0.717, 1.165) is 32.1 Å². The molecule has 2 fully saturated rings. The number of esters is 1. The topological polar surface area (TPSA) is 38.8 Å². The molecule has 1 aliphatic carbocycles. The predicted octanol–water partition coefficient (Wildman–Crippen LogP) is 3.07. The van der Waals surface area contributed by atoms with Gasteiger partial charge in [0.25, 0.3) is 0 Å². The van der Waals surface area contributed by atoms with Crippen molar-refractivity contribution in [3.8, 4) is 0 Å². The Kier molecular flexibility index (Phi) is 3.01. The van der Waals surface area contributed by atoms with Crippen LogP contribution in [0.2, 0.25) is 0 Å². The molecule has 0 radical (unpaired) electrons. The summed E-state index contributed by atoms with van der Waals surface area (Å²) in [5.41, 5.74) is -0.797. The van der Waals surface area contributed by atoms with Crippen molar-refractivity contribution in [2.45, 2.75) is 71.0 Å². The Labute approximate surface area is 104 Å². The van der Waals surface area contributed by atoms with Crippen molar-refractivity contribution < 1.29 is 14.3 Å². The van der Waals surface area contributed by atoms with Crippen LogP contribution in [-0.4, -0.2) is 23.8 Å². The maximum Gasteiger partial charge on any atom is 0.341 e. The molecule has 17 heavy (non-hydrogen) atoms. The molecule has 2 aliphatic rings. The average molecular weight is 240 g/mol. The monoisotopic (exact) mass is 240 g/mol. The van der Waals surface area contributed by atoms with Gasteiger partial charge in [-0.1, -0.05) is 27.2 Å². The predicted molar refractivity (Wildman–Crippen MR) is 65.7 cm³/mol. The Bertz CT molecular complexity index is 323. The Morgan fingerprint density at radius 2 is 2.00 bits per heavy atom. The van der Waals surface area contributed by atoms with Crippen LogP contribution in [0.3, 0.4) is 0 Å². The first-order chi connectivity index (χ1) is 7.96. The standard InChI is InChI=1S/C14H24O3/c1-5-8-13(11(15)16-6-2)14(17-13)10-7-9-12(14,3)4/h5-10H2,1-4H3. The molecule has 0 aromatic carbocycles. The molecule has 2 unspecified atom stereocenters. The van der Waals surface area contributed by atoms with Crippen molar-refractivity contribution in [1.82, 2.24) is 0 Å². The van der Waals surface area contributed by atoms with Gasteiger partial charge in [0.2, 0.25) is 0 Å². The quantitative estimate of drug-likeness (QED) is 0.560. The number of hydrogen-bond donors (Lipinski definition) is 0. The zero-order chi connectivity index (χ0) is 12.7. The van der Waals surface area contributed by atoms with Crippen LogP contribution < -0.4 is 0 Å². The highest BCUT2D eigenvalue weighted by molar-refractivity contribution is 5.85. The van der Waals surface area contributed by atoms with Crippen molar-refractivity contribution in [1.29, 1.82) is 0 Å². The van der Waals surface area contributed by atoms with Gasteiger partial charge in [-0.25, -0.2) is 4.79 Å². The van der Waals surface area contributed by atoms with Crippen LogP contribution in [0.4, 0.5) is 0 Å². The smallest absolute Gasteiger partial charge is 0.341 e. The second kappa shape index (κ2) is 3.98. The summed E-state index contributed by atoms with van der Waals surface area (Å²) in [6.07, 6.45) is 5.03. The summed E-state index contributed by atoms with van der Waals surface area (Å²) in [6, 6.07) is 0. The molecule has 1 heterocycles. The van der Waals surface area contributed by atoms with Crippen molar-refractivity contribution in [2.24, 2.45) is 5.41 Å². The fourth-order valence-corrected chi connectivity index (χ4v) is 3.69. The SMILES string of the molecule is CCCC1(C(=O)OCC)OC12CCCC2(C)C. The zero-order valence-electron chi connectivity index (χ0n) is 11.5. The van der Waals surface area contributed by atoms with Crippen molar-refractivity contribution in [3.63, 3.8) is 0 Å². The fraction of sp³-hybridized carbons (Fsp3) is 0.929. The minimum Gasteiger partial charge on any atom is -0.464 e. The van der Waals surface area contributed by atoms with Crippen molar-refractivity contribution in [2.75, 3.05) is 6.61 Å². The molecule has 0 aromatic rings. The van der Waals surface area contributed by atoms with E-state index in [1.165, 1.54) is 0 Å². The van der Waals surface area contributed by atoms with Gasteiger partial charge in [0, 0.05) is 0 Å².